The normalized spacial score (nSPS) is 23.3. The Morgan fingerprint density at radius 2 is 2.14 bits per heavy atom. The van der Waals surface area contributed by atoms with E-state index in [0.717, 1.165) is 39.0 Å². The minimum absolute atomic E-state index is 0.308. The summed E-state index contributed by atoms with van der Waals surface area (Å²) in [5.41, 5.74) is 0. The molecule has 1 rings (SSSR count). The predicted octanol–water partition coefficient (Wildman–Crippen LogP) is 0.912. The molecule has 0 saturated carbocycles. The van der Waals surface area contributed by atoms with Crippen LogP contribution in [-0.4, -0.2) is 41.5 Å². The van der Waals surface area contributed by atoms with Crippen LogP contribution < -0.4 is 5.32 Å². The third kappa shape index (κ3) is 4.53. The first-order chi connectivity index (χ1) is 6.70. The van der Waals surface area contributed by atoms with Gasteiger partial charge in [-0.05, 0) is 25.8 Å². The van der Waals surface area contributed by atoms with Gasteiger partial charge >= 0.3 is 0 Å². The maximum absolute atomic E-state index is 11.1. The molecule has 1 saturated heterocycles. The summed E-state index contributed by atoms with van der Waals surface area (Å²) >= 11 is 0. The first-order valence-corrected chi connectivity index (χ1v) is 6.95. The molecule has 0 radical (unpaired) electrons. The van der Waals surface area contributed by atoms with E-state index in [4.69, 9.17) is 4.74 Å². The van der Waals surface area contributed by atoms with E-state index in [9.17, 15) is 4.21 Å². The van der Waals surface area contributed by atoms with Gasteiger partial charge in [-0.1, -0.05) is 6.92 Å². The van der Waals surface area contributed by atoms with E-state index in [2.05, 4.69) is 5.32 Å². The van der Waals surface area contributed by atoms with Crippen LogP contribution in [0.3, 0.4) is 0 Å². The molecule has 1 N–H and O–H groups in total. The first kappa shape index (κ1) is 12.1. The summed E-state index contributed by atoms with van der Waals surface area (Å²) in [5, 5.41) is 3.80. The average molecular weight is 219 g/mol. The highest BCUT2D eigenvalue weighted by Gasteiger charge is 2.13. The molecule has 0 amide bonds. The van der Waals surface area contributed by atoms with Crippen molar-refractivity contribution in [1.29, 1.82) is 0 Å². The highest BCUT2D eigenvalue weighted by molar-refractivity contribution is 7.84. The van der Waals surface area contributed by atoms with E-state index >= 15 is 0 Å². The van der Waals surface area contributed by atoms with Gasteiger partial charge in [0.1, 0.15) is 0 Å². The van der Waals surface area contributed by atoms with Crippen molar-refractivity contribution in [1.82, 2.24) is 5.32 Å². The van der Waals surface area contributed by atoms with Crippen LogP contribution in [0.25, 0.3) is 0 Å². The molecule has 0 aromatic heterocycles. The Hall–Kier alpha value is 0.0700. The summed E-state index contributed by atoms with van der Waals surface area (Å²) in [5.74, 6) is 0. The van der Waals surface area contributed by atoms with Crippen LogP contribution >= 0.6 is 0 Å². The van der Waals surface area contributed by atoms with E-state index in [1.165, 1.54) is 0 Å². The molecule has 14 heavy (non-hydrogen) atoms. The Morgan fingerprint density at radius 1 is 1.50 bits per heavy atom. The Bertz CT molecular complexity index is 181. The topological polar surface area (TPSA) is 38.3 Å². The fourth-order valence-electron chi connectivity index (χ4n) is 1.56. The molecular weight excluding hydrogens is 198 g/mol. The van der Waals surface area contributed by atoms with Crippen LogP contribution in [0.1, 0.15) is 26.2 Å². The molecule has 1 fully saturated rings. The Labute approximate surface area is 89.1 Å². The quantitative estimate of drug-likeness (QED) is 0.747. The molecule has 2 atom stereocenters. The summed E-state index contributed by atoms with van der Waals surface area (Å²) in [6, 6.07) is 0.612. The molecule has 84 valence electrons. The molecule has 1 aliphatic heterocycles. The SMILES string of the molecule is CC(CCNC1CCOCC1)S(C)=O. The van der Waals surface area contributed by atoms with Crippen molar-refractivity contribution in [2.45, 2.75) is 37.5 Å². The zero-order valence-electron chi connectivity index (χ0n) is 9.12. The summed E-state index contributed by atoms with van der Waals surface area (Å²) in [4.78, 5) is 0. The molecule has 0 aromatic carbocycles. The van der Waals surface area contributed by atoms with Crippen molar-refractivity contribution in [2.75, 3.05) is 26.0 Å². The largest absolute Gasteiger partial charge is 0.381 e. The van der Waals surface area contributed by atoms with Crippen LogP contribution in [0.5, 0.6) is 0 Å². The summed E-state index contributed by atoms with van der Waals surface area (Å²) < 4.78 is 16.4. The third-order valence-electron chi connectivity index (χ3n) is 2.77. The number of hydrogen-bond donors (Lipinski definition) is 1. The van der Waals surface area contributed by atoms with E-state index < -0.39 is 10.8 Å². The van der Waals surface area contributed by atoms with Crippen molar-refractivity contribution in [3.63, 3.8) is 0 Å². The van der Waals surface area contributed by atoms with Gasteiger partial charge in [0.05, 0.1) is 0 Å². The summed E-state index contributed by atoms with van der Waals surface area (Å²) in [6.07, 6.45) is 5.01. The maximum Gasteiger partial charge on any atom is 0.0480 e. The lowest BCUT2D eigenvalue weighted by molar-refractivity contribution is 0.0780. The number of ether oxygens (including phenoxy) is 1. The second-order valence-corrected chi connectivity index (χ2v) is 5.74. The van der Waals surface area contributed by atoms with Crippen LogP contribution in [0.15, 0.2) is 0 Å². The lowest BCUT2D eigenvalue weighted by atomic mass is 10.1. The van der Waals surface area contributed by atoms with Crippen LogP contribution in [0.2, 0.25) is 0 Å². The smallest absolute Gasteiger partial charge is 0.0480 e. The third-order valence-corrected chi connectivity index (χ3v) is 4.14. The Morgan fingerprint density at radius 3 is 2.71 bits per heavy atom. The molecule has 2 unspecified atom stereocenters. The van der Waals surface area contributed by atoms with Gasteiger partial charge in [-0.3, -0.25) is 4.21 Å². The fraction of sp³-hybridized carbons (Fsp3) is 1.00. The molecule has 0 bridgehead atoms. The van der Waals surface area contributed by atoms with Gasteiger partial charge in [0.15, 0.2) is 0 Å². The highest BCUT2D eigenvalue weighted by Crippen LogP contribution is 2.06. The van der Waals surface area contributed by atoms with Crippen molar-refractivity contribution in [3.8, 4) is 0 Å². The van der Waals surface area contributed by atoms with Gasteiger partial charge in [-0.2, -0.15) is 0 Å². The van der Waals surface area contributed by atoms with E-state index in [-0.39, 0.29) is 0 Å². The van der Waals surface area contributed by atoms with Crippen molar-refractivity contribution in [3.05, 3.63) is 0 Å². The first-order valence-electron chi connectivity index (χ1n) is 5.33. The minimum Gasteiger partial charge on any atom is -0.381 e. The molecule has 1 aliphatic rings. The average Bonchev–Trinajstić information content (AvgIpc) is 2.19. The van der Waals surface area contributed by atoms with E-state index in [1.54, 1.807) is 6.26 Å². The Balaban J connectivity index is 2.05. The van der Waals surface area contributed by atoms with Gasteiger partial charge in [-0.15, -0.1) is 0 Å². The van der Waals surface area contributed by atoms with Crippen LogP contribution in [-0.2, 0) is 15.5 Å². The molecule has 3 nitrogen and oxygen atoms in total. The number of rotatable bonds is 5. The van der Waals surface area contributed by atoms with E-state index in [0.29, 0.717) is 11.3 Å². The summed E-state index contributed by atoms with van der Waals surface area (Å²) in [7, 11) is -0.681. The Kier molecular flexibility index (Phi) is 5.67. The van der Waals surface area contributed by atoms with Crippen molar-refractivity contribution in [2.24, 2.45) is 0 Å². The molecule has 1 heterocycles. The second kappa shape index (κ2) is 6.53. The predicted molar refractivity (Wildman–Crippen MR) is 60.0 cm³/mol. The van der Waals surface area contributed by atoms with Crippen LogP contribution in [0.4, 0.5) is 0 Å². The van der Waals surface area contributed by atoms with E-state index in [1.807, 2.05) is 6.92 Å². The zero-order valence-corrected chi connectivity index (χ0v) is 9.94. The maximum atomic E-state index is 11.1. The molecular formula is C10H21NO2S. The zero-order chi connectivity index (χ0) is 10.4. The van der Waals surface area contributed by atoms with Gasteiger partial charge in [-0.25, -0.2) is 0 Å². The lowest BCUT2D eigenvalue weighted by Gasteiger charge is -2.23. The van der Waals surface area contributed by atoms with Gasteiger partial charge in [0.2, 0.25) is 0 Å². The number of nitrogens with one attached hydrogen (secondary N) is 1. The standard InChI is InChI=1S/C10H21NO2S/c1-9(14(2)12)3-6-11-10-4-7-13-8-5-10/h9-11H,3-8H2,1-2H3. The summed E-state index contributed by atoms with van der Waals surface area (Å²) in [6.45, 7) is 4.78. The molecule has 4 heteroatoms. The monoisotopic (exact) mass is 219 g/mol. The van der Waals surface area contributed by atoms with Crippen molar-refractivity contribution >= 4 is 10.8 Å². The molecule has 0 aromatic rings. The van der Waals surface area contributed by atoms with Gasteiger partial charge in [0, 0.05) is 41.6 Å². The highest BCUT2D eigenvalue weighted by atomic mass is 32.2. The second-order valence-electron chi connectivity index (χ2n) is 3.94. The number of hydrogen-bond acceptors (Lipinski definition) is 3. The lowest BCUT2D eigenvalue weighted by Crippen LogP contribution is -2.36. The molecule has 0 aliphatic carbocycles. The van der Waals surface area contributed by atoms with Crippen molar-refractivity contribution < 1.29 is 8.95 Å². The van der Waals surface area contributed by atoms with Crippen LogP contribution in [0, 0.1) is 0 Å². The molecule has 0 spiro atoms. The fourth-order valence-corrected chi connectivity index (χ4v) is 2.01. The minimum atomic E-state index is -0.681. The van der Waals surface area contributed by atoms with Gasteiger partial charge in [0.25, 0.3) is 0 Å². The van der Waals surface area contributed by atoms with Gasteiger partial charge < -0.3 is 10.1 Å².